The van der Waals surface area contributed by atoms with E-state index in [0.717, 1.165) is 25.5 Å². The van der Waals surface area contributed by atoms with Gasteiger partial charge in [-0.1, -0.05) is 0 Å². The van der Waals surface area contributed by atoms with E-state index in [1.807, 2.05) is 4.68 Å². The van der Waals surface area contributed by atoms with Crippen LogP contribution in [0.4, 0.5) is 0 Å². The molecule has 5 heteroatoms. The predicted octanol–water partition coefficient (Wildman–Crippen LogP) is 0.338. The SMILES string of the molecule is CCn1ncnc1CNC(C)CN(C)C. The molecule has 0 amide bonds. The van der Waals surface area contributed by atoms with Crippen LogP contribution in [-0.4, -0.2) is 46.3 Å². The quantitative estimate of drug-likeness (QED) is 0.737. The summed E-state index contributed by atoms with van der Waals surface area (Å²) in [4.78, 5) is 6.38. The molecule has 1 aromatic heterocycles. The predicted molar refractivity (Wildman–Crippen MR) is 60.6 cm³/mol. The van der Waals surface area contributed by atoms with Crippen LogP contribution in [0.5, 0.6) is 0 Å². The van der Waals surface area contributed by atoms with E-state index < -0.39 is 0 Å². The summed E-state index contributed by atoms with van der Waals surface area (Å²) in [6.45, 7) is 6.93. The summed E-state index contributed by atoms with van der Waals surface area (Å²) in [6, 6.07) is 0.460. The van der Waals surface area contributed by atoms with Crippen LogP contribution in [0.15, 0.2) is 6.33 Å². The van der Waals surface area contributed by atoms with Gasteiger partial charge < -0.3 is 10.2 Å². The average Bonchev–Trinajstić information content (AvgIpc) is 2.60. The Morgan fingerprint density at radius 3 is 2.87 bits per heavy atom. The van der Waals surface area contributed by atoms with Gasteiger partial charge in [0.1, 0.15) is 12.2 Å². The Morgan fingerprint density at radius 2 is 2.27 bits per heavy atom. The maximum Gasteiger partial charge on any atom is 0.140 e. The number of likely N-dealkylation sites (N-methyl/N-ethyl adjacent to an activating group) is 1. The van der Waals surface area contributed by atoms with Crippen LogP contribution in [0.1, 0.15) is 19.7 Å². The van der Waals surface area contributed by atoms with Crippen molar-refractivity contribution in [1.29, 1.82) is 0 Å². The highest BCUT2D eigenvalue weighted by molar-refractivity contribution is 4.84. The zero-order chi connectivity index (χ0) is 11.3. The van der Waals surface area contributed by atoms with E-state index >= 15 is 0 Å². The highest BCUT2D eigenvalue weighted by Gasteiger charge is 2.06. The molecule has 86 valence electrons. The monoisotopic (exact) mass is 211 g/mol. The van der Waals surface area contributed by atoms with E-state index in [0.29, 0.717) is 6.04 Å². The fourth-order valence-corrected chi connectivity index (χ4v) is 1.57. The van der Waals surface area contributed by atoms with Crippen molar-refractivity contribution in [2.45, 2.75) is 33.0 Å². The van der Waals surface area contributed by atoms with Crippen LogP contribution in [0.3, 0.4) is 0 Å². The van der Waals surface area contributed by atoms with Gasteiger partial charge in [-0.25, -0.2) is 9.67 Å². The minimum atomic E-state index is 0.460. The first kappa shape index (κ1) is 12.1. The summed E-state index contributed by atoms with van der Waals surface area (Å²) in [7, 11) is 4.15. The van der Waals surface area contributed by atoms with Crippen LogP contribution in [-0.2, 0) is 13.1 Å². The van der Waals surface area contributed by atoms with Gasteiger partial charge in [-0.3, -0.25) is 0 Å². The van der Waals surface area contributed by atoms with Crippen LogP contribution >= 0.6 is 0 Å². The molecule has 0 aromatic carbocycles. The number of hydrogen-bond acceptors (Lipinski definition) is 4. The van der Waals surface area contributed by atoms with Crippen LogP contribution < -0.4 is 5.32 Å². The lowest BCUT2D eigenvalue weighted by Gasteiger charge is -2.18. The standard InChI is InChI=1S/C10H21N5/c1-5-15-10(12-8-13-15)6-11-9(2)7-14(3)4/h8-9,11H,5-7H2,1-4H3. The maximum atomic E-state index is 4.21. The van der Waals surface area contributed by atoms with E-state index in [4.69, 9.17) is 0 Å². The van der Waals surface area contributed by atoms with Crippen molar-refractivity contribution in [3.8, 4) is 0 Å². The Kier molecular flexibility index (Phi) is 4.71. The van der Waals surface area contributed by atoms with E-state index in [-0.39, 0.29) is 0 Å². The number of aryl methyl sites for hydroxylation is 1. The van der Waals surface area contributed by atoms with Crippen molar-refractivity contribution in [3.63, 3.8) is 0 Å². The molecule has 1 rings (SSSR count). The Balaban J connectivity index is 2.36. The molecule has 1 heterocycles. The van der Waals surface area contributed by atoms with Gasteiger partial charge in [0, 0.05) is 19.1 Å². The zero-order valence-electron chi connectivity index (χ0n) is 10.1. The minimum absolute atomic E-state index is 0.460. The average molecular weight is 211 g/mol. The first-order chi connectivity index (χ1) is 7.13. The first-order valence-electron chi connectivity index (χ1n) is 5.38. The molecule has 1 N–H and O–H groups in total. The molecule has 15 heavy (non-hydrogen) atoms. The van der Waals surface area contributed by atoms with Crippen molar-refractivity contribution in [3.05, 3.63) is 12.2 Å². The van der Waals surface area contributed by atoms with Crippen molar-refractivity contribution < 1.29 is 0 Å². The molecule has 0 saturated heterocycles. The number of nitrogens with one attached hydrogen (secondary N) is 1. The van der Waals surface area contributed by atoms with Gasteiger partial charge in [0.2, 0.25) is 0 Å². The third-order valence-corrected chi connectivity index (χ3v) is 2.24. The largest absolute Gasteiger partial charge is 0.308 e. The third-order valence-electron chi connectivity index (χ3n) is 2.24. The molecule has 0 radical (unpaired) electrons. The van der Waals surface area contributed by atoms with Crippen molar-refractivity contribution >= 4 is 0 Å². The molecule has 0 spiro atoms. The lowest BCUT2D eigenvalue weighted by atomic mass is 10.3. The lowest BCUT2D eigenvalue weighted by Crippen LogP contribution is -2.36. The molecule has 1 unspecified atom stereocenters. The molecule has 1 atom stereocenters. The maximum absolute atomic E-state index is 4.21. The Morgan fingerprint density at radius 1 is 1.53 bits per heavy atom. The number of nitrogens with zero attached hydrogens (tertiary/aromatic N) is 4. The van der Waals surface area contributed by atoms with E-state index in [2.05, 4.69) is 48.2 Å². The summed E-state index contributed by atoms with van der Waals surface area (Å²) in [5.74, 6) is 1.00. The molecule has 0 aliphatic carbocycles. The number of rotatable bonds is 6. The molecule has 5 nitrogen and oxygen atoms in total. The molecule has 0 saturated carbocycles. The second kappa shape index (κ2) is 5.82. The fourth-order valence-electron chi connectivity index (χ4n) is 1.57. The molecular formula is C10H21N5. The Hall–Kier alpha value is -0.940. The molecule has 0 aliphatic heterocycles. The highest BCUT2D eigenvalue weighted by Crippen LogP contribution is 1.94. The van der Waals surface area contributed by atoms with E-state index in [1.165, 1.54) is 0 Å². The van der Waals surface area contributed by atoms with Crippen LogP contribution in [0.2, 0.25) is 0 Å². The van der Waals surface area contributed by atoms with E-state index in [9.17, 15) is 0 Å². The summed E-state index contributed by atoms with van der Waals surface area (Å²) in [5.41, 5.74) is 0. The van der Waals surface area contributed by atoms with Crippen LogP contribution in [0, 0.1) is 0 Å². The normalized spacial score (nSPS) is 13.4. The Bertz CT molecular complexity index is 281. The minimum Gasteiger partial charge on any atom is -0.308 e. The fraction of sp³-hybridized carbons (Fsp3) is 0.800. The topological polar surface area (TPSA) is 46.0 Å². The summed E-state index contributed by atoms with van der Waals surface area (Å²) in [6.07, 6.45) is 1.61. The summed E-state index contributed by atoms with van der Waals surface area (Å²) in [5, 5.41) is 7.55. The molecular weight excluding hydrogens is 190 g/mol. The molecule has 0 bridgehead atoms. The highest BCUT2D eigenvalue weighted by atomic mass is 15.3. The molecule has 0 fully saturated rings. The Labute approximate surface area is 91.5 Å². The summed E-state index contributed by atoms with van der Waals surface area (Å²) < 4.78 is 1.91. The van der Waals surface area contributed by atoms with Gasteiger partial charge in [0.05, 0.1) is 6.54 Å². The second-order valence-corrected chi connectivity index (χ2v) is 4.04. The van der Waals surface area contributed by atoms with Gasteiger partial charge in [-0.05, 0) is 27.9 Å². The van der Waals surface area contributed by atoms with Crippen molar-refractivity contribution in [2.24, 2.45) is 0 Å². The lowest BCUT2D eigenvalue weighted by molar-refractivity contribution is 0.346. The number of hydrogen-bond donors (Lipinski definition) is 1. The first-order valence-corrected chi connectivity index (χ1v) is 5.38. The van der Waals surface area contributed by atoms with Crippen molar-refractivity contribution in [2.75, 3.05) is 20.6 Å². The van der Waals surface area contributed by atoms with Gasteiger partial charge in [0.15, 0.2) is 0 Å². The summed E-state index contributed by atoms with van der Waals surface area (Å²) >= 11 is 0. The van der Waals surface area contributed by atoms with Crippen LogP contribution in [0.25, 0.3) is 0 Å². The third kappa shape index (κ3) is 3.97. The molecule has 1 aromatic rings. The van der Waals surface area contributed by atoms with Gasteiger partial charge >= 0.3 is 0 Å². The van der Waals surface area contributed by atoms with E-state index in [1.54, 1.807) is 6.33 Å². The van der Waals surface area contributed by atoms with Gasteiger partial charge in [-0.2, -0.15) is 5.10 Å². The smallest absolute Gasteiger partial charge is 0.140 e. The molecule has 0 aliphatic rings. The van der Waals surface area contributed by atoms with Gasteiger partial charge in [-0.15, -0.1) is 0 Å². The van der Waals surface area contributed by atoms with Crippen molar-refractivity contribution in [1.82, 2.24) is 25.0 Å². The number of aromatic nitrogens is 3. The second-order valence-electron chi connectivity index (χ2n) is 4.04. The zero-order valence-corrected chi connectivity index (χ0v) is 10.1. The van der Waals surface area contributed by atoms with Gasteiger partial charge in [0.25, 0.3) is 0 Å².